The van der Waals surface area contributed by atoms with Gasteiger partial charge in [-0.2, -0.15) is 5.10 Å². The molecule has 0 N–H and O–H groups in total. The summed E-state index contributed by atoms with van der Waals surface area (Å²) in [6.45, 7) is 6.37. The number of ether oxygens (including phenoxy) is 1. The molecule has 0 spiro atoms. The lowest BCUT2D eigenvalue weighted by Crippen LogP contribution is -2.44. The van der Waals surface area contributed by atoms with Crippen molar-refractivity contribution in [2.24, 2.45) is 0 Å². The van der Waals surface area contributed by atoms with Gasteiger partial charge in [0.15, 0.2) is 5.69 Å². The minimum Gasteiger partial charge on any atom is -0.376 e. The van der Waals surface area contributed by atoms with E-state index in [9.17, 15) is 9.59 Å². The lowest BCUT2D eigenvalue weighted by atomic mass is 10.1. The van der Waals surface area contributed by atoms with Gasteiger partial charge in [0, 0.05) is 31.6 Å². The molecule has 1 aromatic carbocycles. The summed E-state index contributed by atoms with van der Waals surface area (Å²) in [4.78, 5) is 27.4. The molecule has 1 atom stereocenters. The highest BCUT2D eigenvalue weighted by atomic mass is 16.5. The van der Waals surface area contributed by atoms with Crippen molar-refractivity contribution in [3.8, 4) is 0 Å². The van der Waals surface area contributed by atoms with E-state index in [2.05, 4.69) is 12.0 Å². The van der Waals surface area contributed by atoms with Crippen LogP contribution in [0.4, 0.5) is 0 Å². The number of piperidine rings is 1. The first-order valence-corrected chi connectivity index (χ1v) is 9.06. The van der Waals surface area contributed by atoms with E-state index in [1.165, 1.54) is 4.68 Å². The van der Waals surface area contributed by atoms with Crippen LogP contribution in [0.25, 0.3) is 10.8 Å². The SMILES string of the molecule is CCCO[C@@H]1CCCN(C(=O)c2nn(CC)c(=O)c3ccccc23)C1. The number of hydrogen-bond donors (Lipinski definition) is 0. The van der Waals surface area contributed by atoms with E-state index in [0.29, 0.717) is 42.7 Å². The highest BCUT2D eigenvalue weighted by molar-refractivity contribution is 6.04. The monoisotopic (exact) mass is 343 g/mol. The minimum absolute atomic E-state index is 0.0843. The summed E-state index contributed by atoms with van der Waals surface area (Å²) in [5, 5.41) is 5.52. The van der Waals surface area contributed by atoms with E-state index in [1.807, 2.05) is 24.0 Å². The third kappa shape index (κ3) is 3.58. The van der Waals surface area contributed by atoms with Crippen LogP contribution in [0.1, 0.15) is 43.6 Å². The Morgan fingerprint density at radius 3 is 2.76 bits per heavy atom. The molecule has 0 saturated carbocycles. The molecule has 1 saturated heterocycles. The quantitative estimate of drug-likeness (QED) is 0.836. The fourth-order valence-electron chi connectivity index (χ4n) is 3.30. The Morgan fingerprint density at radius 2 is 2.04 bits per heavy atom. The van der Waals surface area contributed by atoms with Crippen molar-refractivity contribution in [2.75, 3.05) is 19.7 Å². The summed E-state index contributed by atoms with van der Waals surface area (Å²) < 4.78 is 7.20. The van der Waals surface area contributed by atoms with Crippen molar-refractivity contribution in [3.05, 3.63) is 40.3 Å². The van der Waals surface area contributed by atoms with Gasteiger partial charge in [-0.05, 0) is 32.3 Å². The van der Waals surface area contributed by atoms with Gasteiger partial charge in [0.2, 0.25) is 0 Å². The van der Waals surface area contributed by atoms with Crippen LogP contribution in [0.15, 0.2) is 29.1 Å². The molecule has 25 heavy (non-hydrogen) atoms. The molecule has 1 aliphatic heterocycles. The Morgan fingerprint density at radius 1 is 1.28 bits per heavy atom. The van der Waals surface area contributed by atoms with Crippen molar-refractivity contribution in [1.29, 1.82) is 0 Å². The van der Waals surface area contributed by atoms with Crippen molar-refractivity contribution < 1.29 is 9.53 Å². The maximum Gasteiger partial charge on any atom is 0.275 e. The third-order valence-corrected chi connectivity index (χ3v) is 4.59. The average molecular weight is 343 g/mol. The van der Waals surface area contributed by atoms with Crippen LogP contribution in [0, 0.1) is 0 Å². The maximum absolute atomic E-state index is 13.1. The number of carbonyl (C=O) groups is 1. The second-order valence-corrected chi connectivity index (χ2v) is 6.40. The van der Waals surface area contributed by atoms with E-state index < -0.39 is 0 Å². The van der Waals surface area contributed by atoms with Gasteiger partial charge in [-0.3, -0.25) is 9.59 Å². The molecular formula is C19H25N3O3. The standard InChI is InChI=1S/C19H25N3O3/c1-3-12-25-14-8-7-11-21(13-14)19(24)17-15-9-5-6-10-16(15)18(23)22(4-2)20-17/h5-6,9-10,14H,3-4,7-8,11-13H2,1-2H3/t14-/m1/s1. The molecule has 1 aliphatic rings. The van der Waals surface area contributed by atoms with Gasteiger partial charge in [-0.1, -0.05) is 25.1 Å². The van der Waals surface area contributed by atoms with Crippen LogP contribution in [0.5, 0.6) is 0 Å². The number of fused-ring (bicyclic) bond motifs is 1. The lowest BCUT2D eigenvalue weighted by Gasteiger charge is -2.32. The van der Waals surface area contributed by atoms with Gasteiger partial charge < -0.3 is 9.64 Å². The zero-order valence-electron chi connectivity index (χ0n) is 14.9. The average Bonchev–Trinajstić information content (AvgIpc) is 2.66. The highest BCUT2D eigenvalue weighted by Crippen LogP contribution is 2.19. The molecule has 0 radical (unpaired) electrons. The van der Waals surface area contributed by atoms with Crippen LogP contribution in [-0.2, 0) is 11.3 Å². The number of hydrogen-bond acceptors (Lipinski definition) is 4. The van der Waals surface area contributed by atoms with Crippen LogP contribution < -0.4 is 5.56 Å². The largest absolute Gasteiger partial charge is 0.376 e. The first-order valence-electron chi connectivity index (χ1n) is 9.06. The second kappa shape index (κ2) is 7.78. The number of rotatable bonds is 5. The minimum atomic E-state index is -0.155. The molecule has 1 amide bonds. The molecular weight excluding hydrogens is 318 g/mol. The van der Waals surface area contributed by atoms with E-state index >= 15 is 0 Å². The molecule has 1 fully saturated rings. The van der Waals surface area contributed by atoms with Gasteiger partial charge in [-0.25, -0.2) is 4.68 Å². The fraction of sp³-hybridized carbons (Fsp3) is 0.526. The third-order valence-electron chi connectivity index (χ3n) is 4.59. The molecule has 6 nitrogen and oxygen atoms in total. The summed E-state index contributed by atoms with van der Waals surface area (Å²) in [6.07, 6.45) is 2.96. The van der Waals surface area contributed by atoms with E-state index in [0.717, 1.165) is 19.3 Å². The molecule has 1 aromatic heterocycles. The van der Waals surface area contributed by atoms with Crippen LogP contribution in [0.2, 0.25) is 0 Å². The van der Waals surface area contributed by atoms with Gasteiger partial charge in [0.1, 0.15) is 0 Å². The number of aromatic nitrogens is 2. The first kappa shape index (κ1) is 17.6. The topological polar surface area (TPSA) is 64.4 Å². The van der Waals surface area contributed by atoms with Crippen molar-refractivity contribution in [2.45, 2.75) is 45.8 Å². The Bertz CT molecular complexity index is 815. The Hall–Kier alpha value is -2.21. The molecule has 2 heterocycles. The Balaban J connectivity index is 1.94. The molecule has 6 heteroatoms. The van der Waals surface area contributed by atoms with Gasteiger partial charge in [0.05, 0.1) is 11.5 Å². The normalized spacial score (nSPS) is 17.8. The van der Waals surface area contributed by atoms with Crippen LogP contribution in [-0.4, -0.2) is 46.4 Å². The summed E-state index contributed by atoms with van der Waals surface area (Å²) in [5.74, 6) is -0.122. The summed E-state index contributed by atoms with van der Waals surface area (Å²) in [5.41, 5.74) is 0.200. The molecule has 0 unspecified atom stereocenters. The summed E-state index contributed by atoms with van der Waals surface area (Å²) in [7, 11) is 0. The van der Waals surface area contributed by atoms with E-state index in [4.69, 9.17) is 4.74 Å². The molecule has 0 bridgehead atoms. The maximum atomic E-state index is 13.1. The number of benzene rings is 1. The predicted octanol–water partition coefficient (Wildman–Crippen LogP) is 2.45. The van der Waals surface area contributed by atoms with Crippen molar-refractivity contribution in [1.82, 2.24) is 14.7 Å². The first-order chi connectivity index (χ1) is 12.2. The zero-order valence-corrected chi connectivity index (χ0v) is 14.9. The number of aryl methyl sites for hydroxylation is 1. The van der Waals surface area contributed by atoms with E-state index in [-0.39, 0.29) is 17.6 Å². The molecule has 3 rings (SSSR count). The van der Waals surface area contributed by atoms with Gasteiger partial charge >= 0.3 is 0 Å². The number of likely N-dealkylation sites (tertiary alicyclic amines) is 1. The summed E-state index contributed by atoms with van der Waals surface area (Å²) >= 11 is 0. The van der Waals surface area contributed by atoms with Crippen molar-refractivity contribution >= 4 is 16.7 Å². The van der Waals surface area contributed by atoms with E-state index in [1.54, 1.807) is 12.1 Å². The Kier molecular flexibility index (Phi) is 5.48. The van der Waals surface area contributed by atoms with Gasteiger partial charge in [0.25, 0.3) is 11.5 Å². The van der Waals surface area contributed by atoms with Gasteiger partial charge in [-0.15, -0.1) is 0 Å². The Labute approximate surface area is 147 Å². The predicted molar refractivity (Wildman–Crippen MR) is 96.8 cm³/mol. The molecule has 2 aromatic rings. The summed E-state index contributed by atoms with van der Waals surface area (Å²) in [6, 6.07) is 7.20. The smallest absolute Gasteiger partial charge is 0.275 e. The molecule has 0 aliphatic carbocycles. The second-order valence-electron chi connectivity index (χ2n) is 6.40. The fourth-order valence-corrected chi connectivity index (χ4v) is 3.30. The molecule has 134 valence electrons. The zero-order chi connectivity index (χ0) is 17.8. The number of amides is 1. The van der Waals surface area contributed by atoms with Crippen molar-refractivity contribution in [3.63, 3.8) is 0 Å². The lowest BCUT2D eigenvalue weighted by molar-refractivity contribution is 0.00192. The van der Waals surface area contributed by atoms with Crippen LogP contribution >= 0.6 is 0 Å². The van der Waals surface area contributed by atoms with Crippen LogP contribution in [0.3, 0.4) is 0 Å². The number of nitrogens with zero attached hydrogens (tertiary/aromatic N) is 3. The highest BCUT2D eigenvalue weighted by Gasteiger charge is 2.27. The number of carbonyl (C=O) groups excluding carboxylic acids is 1.